The monoisotopic (exact) mass is 588 g/mol. The number of rotatable bonds is 13. The van der Waals surface area contributed by atoms with Crippen molar-refractivity contribution in [1.29, 1.82) is 0 Å². The highest BCUT2D eigenvalue weighted by Crippen LogP contribution is 2.29. The third-order valence-corrected chi connectivity index (χ3v) is 7.65. The van der Waals surface area contributed by atoms with Gasteiger partial charge in [-0.2, -0.15) is 11.8 Å². The van der Waals surface area contributed by atoms with Gasteiger partial charge in [-0.3, -0.25) is 9.69 Å². The van der Waals surface area contributed by atoms with E-state index in [2.05, 4.69) is 5.32 Å². The molecule has 1 heterocycles. The maximum atomic E-state index is 13.3. The average Bonchev–Trinajstić information content (AvgIpc) is 3.47. The first-order valence-electron chi connectivity index (χ1n) is 13.8. The number of nitrogens with one attached hydrogen (secondary N) is 1. The van der Waals surface area contributed by atoms with Gasteiger partial charge in [-0.1, -0.05) is 66.7 Å². The van der Waals surface area contributed by atoms with Crippen LogP contribution in [-0.2, 0) is 27.5 Å². The van der Waals surface area contributed by atoms with Crippen molar-refractivity contribution < 1.29 is 29.0 Å². The maximum Gasteiger partial charge on any atom is 0.414 e. The summed E-state index contributed by atoms with van der Waals surface area (Å²) >= 11 is 1.53. The van der Waals surface area contributed by atoms with Crippen LogP contribution in [0, 0.1) is 6.92 Å². The topological polar surface area (TPSA) is 105 Å². The number of amides is 2. The molecule has 0 aliphatic carbocycles. The Morgan fingerprint density at radius 3 is 2.45 bits per heavy atom. The average molecular weight is 589 g/mol. The number of benzene rings is 3. The first kappa shape index (κ1) is 30.9. The summed E-state index contributed by atoms with van der Waals surface area (Å²) in [5.74, 6) is -0.870. The molecule has 2 amide bonds. The number of carbonyl (C=O) groups excluding carboxylic acids is 2. The first-order valence-corrected chi connectivity index (χ1v) is 15.2. The molecule has 4 rings (SSSR count). The molecule has 8 nitrogen and oxygen atoms in total. The summed E-state index contributed by atoms with van der Waals surface area (Å²) in [6.45, 7) is 3.21. The van der Waals surface area contributed by atoms with E-state index in [1.807, 2.05) is 86.0 Å². The van der Waals surface area contributed by atoms with Gasteiger partial charge < -0.3 is 19.9 Å². The summed E-state index contributed by atoms with van der Waals surface area (Å²) in [6.07, 6.45) is 4.54. The van der Waals surface area contributed by atoms with Gasteiger partial charge in [-0.15, -0.1) is 0 Å². The van der Waals surface area contributed by atoms with E-state index < -0.39 is 24.0 Å². The number of carbonyl (C=O) groups is 3. The van der Waals surface area contributed by atoms with Crippen LogP contribution in [0.2, 0.25) is 0 Å². The molecule has 0 spiro atoms. The lowest BCUT2D eigenvalue weighted by Crippen LogP contribution is -2.41. The van der Waals surface area contributed by atoms with E-state index in [1.54, 1.807) is 11.0 Å². The van der Waals surface area contributed by atoms with Crippen LogP contribution in [0.5, 0.6) is 0 Å². The molecule has 3 aromatic rings. The Balaban J connectivity index is 1.44. The lowest BCUT2D eigenvalue weighted by atomic mass is 9.93. The van der Waals surface area contributed by atoms with Crippen LogP contribution in [0.3, 0.4) is 0 Å². The molecule has 0 saturated heterocycles. The Labute approximate surface area is 250 Å². The zero-order valence-corrected chi connectivity index (χ0v) is 24.7. The highest BCUT2D eigenvalue weighted by molar-refractivity contribution is 7.98. The van der Waals surface area contributed by atoms with E-state index in [0.29, 0.717) is 29.8 Å². The first-order chi connectivity index (χ1) is 20.4. The molecule has 1 atom stereocenters. The predicted octanol–water partition coefficient (Wildman–Crippen LogP) is 6.04. The van der Waals surface area contributed by atoms with Crippen LogP contribution in [0.1, 0.15) is 39.9 Å². The third-order valence-electron chi connectivity index (χ3n) is 7.00. The number of aryl methyl sites for hydroxylation is 1. The molecule has 1 aliphatic heterocycles. The number of thioether (sulfide) groups is 1. The van der Waals surface area contributed by atoms with Crippen molar-refractivity contribution in [2.75, 3.05) is 25.2 Å². The smallest absolute Gasteiger partial charge is 0.414 e. The zero-order valence-electron chi connectivity index (χ0n) is 23.9. The molecule has 0 unspecified atom stereocenters. The van der Waals surface area contributed by atoms with Gasteiger partial charge in [0.25, 0.3) is 5.91 Å². The Bertz CT molecular complexity index is 1430. The lowest BCUT2D eigenvalue weighted by Gasteiger charge is -2.20. The second-order valence-corrected chi connectivity index (χ2v) is 11.0. The van der Waals surface area contributed by atoms with Crippen molar-refractivity contribution >= 4 is 29.7 Å². The van der Waals surface area contributed by atoms with Gasteiger partial charge in [-0.05, 0) is 71.7 Å². The van der Waals surface area contributed by atoms with Crippen LogP contribution in [0.25, 0.3) is 11.1 Å². The summed E-state index contributed by atoms with van der Waals surface area (Å²) in [5, 5.41) is 12.3. The fourth-order valence-electron chi connectivity index (χ4n) is 4.74. The second-order valence-electron chi connectivity index (χ2n) is 10.0. The molecule has 220 valence electrons. The Morgan fingerprint density at radius 1 is 0.952 bits per heavy atom. The number of hydrogen-bond acceptors (Lipinski definition) is 6. The van der Waals surface area contributed by atoms with Crippen LogP contribution in [-0.4, -0.2) is 59.2 Å². The molecular formula is C33H36N2O6S. The molecule has 0 saturated carbocycles. The van der Waals surface area contributed by atoms with Gasteiger partial charge in [0, 0.05) is 17.8 Å². The number of carboxylic acid groups (broad SMARTS) is 1. The van der Waals surface area contributed by atoms with Crippen molar-refractivity contribution in [2.45, 2.75) is 39.0 Å². The summed E-state index contributed by atoms with van der Waals surface area (Å²) in [5.41, 5.74) is 5.49. The number of hydrogen-bond donors (Lipinski definition) is 2. The fraction of sp³-hybridized carbons (Fsp3) is 0.303. The Morgan fingerprint density at radius 2 is 1.71 bits per heavy atom. The van der Waals surface area contributed by atoms with E-state index >= 15 is 0 Å². The number of carboxylic acids is 1. The quantitative estimate of drug-likeness (QED) is 0.251. The third kappa shape index (κ3) is 8.24. The van der Waals surface area contributed by atoms with Crippen molar-refractivity contribution in [3.05, 3.63) is 107 Å². The van der Waals surface area contributed by atoms with E-state index in [0.717, 1.165) is 34.4 Å². The Kier molecular flexibility index (Phi) is 11.2. The van der Waals surface area contributed by atoms with Crippen molar-refractivity contribution in [2.24, 2.45) is 0 Å². The van der Waals surface area contributed by atoms with Crippen LogP contribution < -0.4 is 5.32 Å². The molecule has 3 aromatic carbocycles. The lowest BCUT2D eigenvalue weighted by molar-refractivity contribution is -0.139. The minimum absolute atomic E-state index is 0.205. The van der Waals surface area contributed by atoms with E-state index in [1.165, 1.54) is 11.8 Å². The summed E-state index contributed by atoms with van der Waals surface area (Å²) in [6, 6.07) is 21.7. The van der Waals surface area contributed by atoms with Crippen molar-refractivity contribution in [1.82, 2.24) is 10.2 Å². The highest BCUT2D eigenvalue weighted by atomic mass is 32.2. The number of nitrogens with zero attached hydrogens (tertiary/aromatic N) is 1. The van der Waals surface area contributed by atoms with Gasteiger partial charge in [0.1, 0.15) is 12.6 Å². The second kappa shape index (κ2) is 15.2. The number of aliphatic carboxylic acids is 1. The van der Waals surface area contributed by atoms with E-state index in [-0.39, 0.29) is 19.8 Å². The summed E-state index contributed by atoms with van der Waals surface area (Å²) in [4.78, 5) is 39.4. The largest absolute Gasteiger partial charge is 0.480 e. The van der Waals surface area contributed by atoms with Gasteiger partial charge in [-0.25, -0.2) is 9.59 Å². The van der Waals surface area contributed by atoms with Gasteiger partial charge in [0.15, 0.2) is 0 Å². The molecular weight excluding hydrogens is 552 g/mol. The minimum Gasteiger partial charge on any atom is -0.480 e. The molecule has 2 N–H and O–H groups in total. The molecule has 0 radical (unpaired) electrons. The van der Waals surface area contributed by atoms with Crippen LogP contribution in [0.15, 0.2) is 84.6 Å². The molecule has 0 aromatic heterocycles. The van der Waals surface area contributed by atoms with Crippen LogP contribution >= 0.6 is 11.8 Å². The molecule has 0 fully saturated rings. The normalized spacial score (nSPS) is 13.4. The minimum atomic E-state index is -1.06. The maximum absolute atomic E-state index is 13.3. The van der Waals surface area contributed by atoms with Crippen molar-refractivity contribution in [3.63, 3.8) is 0 Å². The molecule has 42 heavy (non-hydrogen) atoms. The summed E-state index contributed by atoms with van der Waals surface area (Å²) < 4.78 is 11.5. The van der Waals surface area contributed by atoms with E-state index in [9.17, 15) is 19.5 Å². The van der Waals surface area contributed by atoms with Gasteiger partial charge in [0.2, 0.25) is 0 Å². The SMILES string of the molecule is CSCC[C@H](NC(=O)c1ccc(COCC2=CCCN2C(=O)OCc2ccccc2)cc1-c1ccccc1C)C(=O)O. The van der Waals surface area contributed by atoms with Gasteiger partial charge >= 0.3 is 12.1 Å². The fourth-order valence-corrected chi connectivity index (χ4v) is 5.21. The summed E-state index contributed by atoms with van der Waals surface area (Å²) in [7, 11) is 0. The van der Waals surface area contributed by atoms with Crippen LogP contribution in [0.4, 0.5) is 4.79 Å². The highest BCUT2D eigenvalue weighted by Gasteiger charge is 2.25. The molecule has 1 aliphatic rings. The van der Waals surface area contributed by atoms with Crippen molar-refractivity contribution in [3.8, 4) is 11.1 Å². The molecule has 0 bridgehead atoms. The van der Waals surface area contributed by atoms with E-state index in [4.69, 9.17) is 9.47 Å². The predicted molar refractivity (Wildman–Crippen MR) is 164 cm³/mol. The number of ether oxygens (including phenoxy) is 2. The zero-order chi connectivity index (χ0) is 29.9. The molecule has 9 heteroatoms. The Hall–Kier alpha value is -4.08. The van der Waals surface area contributed by atoms with Gasteiger partial charge in [0.05, 0.1) is 13.2 Å². The standard InChI is InChI=1S/C33H36N2O6S/c1-23-9-6-7-13-27(23)29-19-25(14-15-28(29)31(36)34-30(32(37)38)16-18-42-2)20-40-22-26-12-8-17-35(26)33(39)41-21-24-10-4-3-5-11-24/h3-7,9-15,19,30H,8,16-18,20-22H2,1-2H3,(H,34,36)(H,37,38)/t30-/m0/s1.